The maximum Gasteiger partial charge on any atom is 0.573 e. The first-order valence-electron chi connectivity index (χ1n) is 8.47. The van der Waals surface area contributed by atoms with E-state index in [0.29, 0.717) is 24.4 Å². The number of halogens is 3. The summed E-state index contributed by atoms with van der Waals surface area (Å²) in [7, 11) is 0. The van der Waals surface area contributed by atoms with Gasteiger partial charge in [-0.25, -0.2) is 4.79 Å². The molecule has 1 heterocycles. The molecule has 150 valence electrons. The van der Waals surface area contributed by atoms with E-state index in [-0.39, 0.29) is 18.2 Å². The largest absolute Gasteiger partial charge is 0.573 e. The standard InChI is InChI=1S/C18H18F3N3O4/c19-18(20,21)28-15-5-3-14(4-6-15)24(27)17(26)23-8-7-11-9-12(16(22)25)1-2-13(11)10-23/h2-6,9,12,27H,1,7-8,10H2,(H2,22,25). The van der Waals surface area contributed by atoms with Crippen molar-refractivity contribution < 1.29 is 32.7 Å². The molecule has 1 atom stereocenters. The number of fused-ring (bicyclic) bond motifs is 1. The Morgan fingerprint density at radius 3 is 2.50 bits per heavy atom. The Balaban J connectivity index is 1.65. The fraction of sp³-hybridized carbons (Fsp3) is 0.333. The number of hydrogen-bond acceptors (Lipinski definition) is 4. The molecule has 3 N–H and O–H groups in total. The average molecular weight is 397 g/mol. The number of hydrogen-bond donors (Lipinski definition) is 2. The first kappa shape index (κ1) is 19.7. The smallest absolute Gasteiger partial charge is 0.406 e. The number of nitrogens with zero attached hydrogens (tertiary/aromatic N) is 2. The Kier molecular flexibility index (Phi) is 5.32. The minimum atomic E-state index is -4.82. The average Bonchev–Trinajstić information content (AvgIpc) is 2.65. The van der Waals surface area contributed by atoms with Gasteiger partial charge in [-0.3, -0.25) is 10.0 Å². The number of amides is 3. The van der Waals surface area contributed by atoms with Gasteiger partial charge in [0, 0.05) is 13.1 Å². The predicted octanol–water partition coefficient (Wildman–Crippen LogP) is 2.96. The molecule has 0 spiro atoms. The van der Waals surface area contributed by atoms with Gasteiger partial charge in [0.25, 0.3) is 0 Å². The Morgan fingerprint density at radius 2 is 1.89 bits per heavy atom. The quantitative estimate of drug-likeness (QED) is 0.605. The number of allylic oxidation sites excluding steroid dienone is 1. The van der Waals surface area contributed by atoms with Gasteiger partial charge < -0.3 is 15.4 Å². The maximum absolute atomic E-state index is 12.5. The molecule has 28 heavy (non-hydrogen) atoms. The molecule has 1 saturated heterocycles. The minimum absolute atomic E-state index is 0.00674. The lowest BCUT2D eigenvalue weighted by atomic mass is 9.86. The third-order valence-corrected chi connectivity index (χ3v) is 4.58. The number of carbonyl (C=O) groups is 2. The van der Waals surface area contributed by atoms with E-state index in [1.807, 2.05) is 12.2 Å². The number of rotatable bonds is 3. The molecule has 2 aliphatic rings. The topological polar surface area (TPSA) is 96.1 Å². The van der Waals surface area contributed by atoms with Crippen LogP contribution in [0.3, 0.4) is 0 Å². The van der Waals surface area contributed by atoms with Crippen molar-refractivity contribution in [1.29, 1.82) is 0 Å². The van der Waals surface area contributed by atoms with E-state index < -0.39 is 24.1 Å². The molecule has 1 aromatic carbocycles. The lowest BCUT2D eigenvalue weighted by Crippen LogP contribution is -2.45. The van der Waals surface area contributed by atoms with Crippen LogP contribution in [-0.2, 0) is 4.79 Å². The van der Waals surface area contributed by atoms with E-state index in [2.05, 4.69) is 4.74 Å². The van der Waals surface area contributed by atoms with Crippen molar-refractivity contribution >= 4 is 17.6 Å². The second-order valence-corrected chi connectivity index (χ2v) is 6.47. The van der Waals surface area contributed by atoms with Crippen LogP contribution in [0.1, 0.15) is 12.8 Å². The third kappa shape index (κ3) is 4.45. The van der Waals surface area contributed by atoms with Crippen LogP contribution in [0, 0.1) is 5.92 Å². The molecule has 10 heteroatoms. The first-order chi connectivity index (χ1) is 13.1. The third-order valence-electron chi connectivity index (χ3n) is 4.58. The van der Waals surface area contributed by atoms with Gasteiger partial charge in [-0.2, -0.15) is 5.06 Å². The van der Waals surface area contributed by atoms with Crippen LogP contribution in [0.4, 0.5) is 23.7 Å². The number of carbonyl (C=O) groups excluding carboxylic acids is 2. The number of alkyl halides is 3. The van der Waals surface area contributed by atoms with Gasteiger partial charge in [0.1, 0.15) is 5.75 Å². The Morgan fingerprint density at radius 1 is 1.21 bits per heavy atom. The number of nitrogens with two attached hydrogens (primary N) is 1. The van der Waals surface area contributed by atoms with Crippen molar-refractivity contribution in [3.05, 3.63) is 47.6 Å². The lowest BCUT2D eigenvalue weighted by Gasteiger charge is -2.34. The van der Waals surface area contributed by atoms with Gasteiger partial charge >= 0.3 is 12.4 Å². The molecule has 0 radical (unpaired) electrons. The summed E-state index contributed by atoms with van der Waals surface area (Å²) in [5.41, 5.74) is 7.18. The first-order valence-corrected chi connectivity index (χ1v) is 8.47. The Hall–Kier alpha value is -3.01. The van der Waals surface area contributed by atoms with Crippen LogP contribution in [0.25, 0.3) is 0 Å². The van der Waals surface area contributed by atoms with E-state index in [9.17, 15) is 28.0 Å². The minimum Gasteiger partial charge on any atom is -0.406 e. The van der Waals surface area contributed by atoms with Gasteiger partial charge in [-0.05, 0) is 48.3 Å². The van der Waals surface area contributed by atoms with Crippen LogP contribution in [0.2, 0.25) is 0 Å². The highest BCUT2D eigenvalue weighted by atomic mass is 19.4. The van der Waals surface area contributed by atoms with Gasteiger partial charge in [0.15, 0.2) is 0 Å². The molecular weight excluding hydrogens is 379 g/mol. The van der Waals surface area contributed by atoms with Gasteiger partial charge in [-0.15, -0.1) is 13.2 Å². The van der Waals surface area contributed by atoms with Crippen LogP contribution in [0.15, 0.2) is 47.6 Å². The van der Waals surface area contributed by atoms with Crippen molar-refractivity contribution in [1.82, 2.24) is 4.90 Å². The summed E-state index contributed by atoms with van der Waals surface area (Å²) in [4.78, 5) is 25.3. The number of anilines is 1. The SMILES string of the molecule is NC(=O)C1C=C2CCN(C(=O)N(O)c3ccc(OC(F)(F)F)cc3)CC2=CC1. The lowest BCUT2D eigenvalue weighted by molar-refractivity contribution is -0.274. The van der Waals surface area contributed by atoms with Gasteiger partial charge in [0.2, 0.25) is 5.91 Å². The zero-order valence-corrected chi connectivity index (χ0v) is 14.6. The van der Waals surface area contributed by atoms with Crippen LogP contribution >= 0.6 is 0 Å². The molecule has 7 nitrogen and oxygen atoms in total. The summed E-state index contributed by atoms with van der Waals surface area (Å²) in [5, 5.41) is 10.5. The fourth-order valence-electron chi connectivity index (χ4n) is 3.16. The zero-order valence-electron chi connectivity index (χ0n) is 14.6. The van der Waals surface area contributed by atoms with E-state index in [0.717, 1.165) is 35.4 Å². The number of primary amides is 1. The van der Waals surface area contributed by atoms with E-state index >= 15 is 0 Å². The van der Waals surface area contributed by atoms with Crippen molar-refractivity contribution in [3.8, 4) is 5.75 Å². The van der Waals surface area contributed by atoms with Crippen molar-refractivity contribution in [2.45, 2.75) is 19.2 Å². The molecule has 3 amide bonds. The van der Waals surface area contributed by atoms with Gasteiger partial charge in [0.05, 0.1) is 11.6 Å². The zero-order chi connectivity index (χ0) is 20.5. The van der Waals surface area contributed by atoms with E-state index in [1.165, 1.54) is 4.90 Å². The second-order valence-electron chi connectivity index (χ2n) is 6.47. The van der Waals surface area contributed by atoms with Crippen molar-refractivity contribution in [3.63, 3.8) is 0 Å². The molecule has 1 unspecified atom stereocenters. The van der Waals surface area contributed by atoms with Gasteiger partial charge in [-0.1, -0.05) is 12.2 Å². The highest BCUT2D eigenvalue weighted by Gasteiger charge is 2.32. The highest BCUT2D eigenvalue weighted by Crippen LogP contribution is 2.31. The van der Waals surface area contributed by atoms with Crippen LogP contribution in [-0.4, -0.2) is 41.5 Å². The van der Waals surface area contributed by atoms with Crippen molar-refractivity contribution in [2.24, 2.45) is 11.7 Å². The Bertz CT molecular complexity index is 833. The number of ether oxygens (including phenoxy) is 1. The molecular formula is C18H18F3N3O4. The normalized spacial score (nSPS) is 19.3. The molecule has 1 aliphatic heterocycles. The van der Waals surface area contributed by atoms with Crippen LogP contribution < -0.4 is 15.5 Å². The summed E-state index contributed by atoms with van der Waals surface area (Å²) < 4.78 is 40.3. The summed E-state index contributed by atoms with van der Waals surface area (Å²) in [6.45, 7) is 0.572. The van der Waals surface area contributed by atoms with E-state index in [4.69, 9.17) is 5.73 Å². The molecule has 0 saturated carbocycles. The summed E-state index contributed by atoms with van der Waals surface area (Å²) >= 11 is 0. The summed E-state index contributed by atoms with van der Waals surface area (Å²) in [6, 6.07) is 3.59. The highest BCUT2D eigenvalue weighted by molar-refractivity contribution is 5.90. The van der Waals surface area contributed by atoms with Crippen LogP contribution in [0.5, 0.6) is 5.75 Å². The number of hydroxylamine groups is 1. The molecule has 1 fully saturated rings. The molecule has 1 aliphatic carbocycles. The number of likely N-dealkylation sites (tertiary alicyclic amines) is 1. The monoisotopic (exact) mass is 397 g/mol. The maximum atomic E-state index is 12.5. The fourth-order valence-corrected chi connectivity index (χ4v) is 3.16. The number of benzene rings is 1. The second kappa shape index (κ2) is 7.55. The molecule has 1 aromatic rings. The Labute approximate surface area is 158 Å². The predicted molar refractivity (Wildman–Crippen MR) is 92.4 cm³/mol. The molecule has 0 bridgehead atoms. The van der Waals surface area contributed by atoms with Crippen molar-refractivity contribution in [2.75, 3.05) is 18.2 Å². The summed E-state index contributed by atoms with van der Waals surface area (Å²) in [6.07, 6.45) is -0.186. The summed E-state index contributed by atoms with van der Waals surface area (Å²) in [5.74, 6) is -1.21. The number of piperidine rings is 1. The molecule has 3 rings (SSSR count). The van der Waals surface area contributed by atoms with E-state index in [1.54, 1.807) is 0 Å². The number of urea groups is 1. The molecule has 0 aromatic heterocycles.